The molecule has 0 saturated carbocycles. The van der Waals surface area contributed by atoms with Gasteiger partial charge in [0.2, 0.25) is 5.78 Å². The summed E-state index contributed by atoms with van der Waals surface area (Å²) in [5.41, 5.74) is 0.995. The van der Waals surface area contributed by atoms with E-state index in [2.05, 4.69) is 0 Å². The average Bonchev–Trinajstić information content (AvgIpc) is 3.00. The number of likely N-dealkylation sites (N-methyl/N-ethyl adjacent to an activating group) is 1. The first kappa shape index (κ1) is 16.4. The summed E-state index contributed by atoms with van der Waals surface area (Å²) in [5.74, 6) is -0.455. The van der Waals surface area contributed by atoms with Gasteiger partial charge in [-0.05, 0) is 14.1 Å². The summed E-state index contributed by atoms with van der Waals surface area (Å²) in [5, 5.41) is 10.7. The Hall–Kier alpha value is -3.12. The van der Waals surface area contributed by atoms with Crippen LogP contribution >= 0.6 is 0 Å². The zero-order valence-electron chi connectivity index (χ0n) is 14.4. The average molecular weight is 351 g/mol. The highest BCUT2D eigenvalue weighted by Crippen LogP contribution is 2.40. The van der Waals surface area contributed by atoms with Crippen molar-refractivity contribution in [1.29, 1.82) is 0 Å². The van der Waals surface area contributed by atoms with Crippen molar-refractivity contribution in [2.24, 2.45) is 0 Å². The monoisotopic (exact) mass is 351 g/mol. The number of rotatable bonds is 4. The van der Waals surface area contributed by atoms with Gasteiger partial charge in [-0.2, -0.15) is 0 Å². The molecule has 0 saturated heterocycles. The molecule has 132 valence electrons. The van der Waals surface area contributed by atoms with Crippen LogP contribution in [0.25, 0.3) is 11.0 Å². The van der Waals surface area contributed by atoms with Crippen LogP contribution in [-0.4, -0.2) is 48.8 Å². The molecule has 1 aliphatic rings. The van der Waals surface area contributed by atoms with E-state index in [-0.39, 0.29) is 39.6 Å². The molecule has 4 rings (SSSR count). The normalized spacial score (nSPS) is 13.2. The first-order chi connectivity index (χ1) is 12.5. The Bertz CT molecular complexity index is 1050. The van der Waals surface area contributed by atoms with E-state index in [4.69, 9.17) is 9.15 Å². The number of phenols is 1. The summed E-state index contributed by atoms with van der Waals surface area (Å²) >= 11 is 0. The number of ketones is 2. The Morgan fingerprint density at radius 1 is 1.08 bits per heavy atom. The first-order valence-electron chi connectivity index (χ1n) is 8.23. The van der Waals surface area contributed by atoms with Crippen LogP contribution in [-0.2, 0) is 0 Å². The predicted octanol–water partition coefficient (Wildman–Crippen LogP) is 2.85. The van der Waals surface area contributed by atoms with Gasteiger partial charge in [0.15, 0.2) is 11.5 Å². The molecule has 0 bridgehead atoms. The van der Waals surface area contributed by atoms with Crippen LogP contribution in [0.2, 0.25) is 0 Å². The van der Waals surface area contributed by atoms with Gasteiger partial charge in [-0.25, -0.2) is 0 Å². The number of fused-ring (bicyclic) bond motifs is 4. The standard InChI is InChI=1S/C20H17NO5/c1-21(2)7-8-25-11-9-14(22)16-15(10-11)26-20-17(16)18(23)12-5-3-4-6-13(12)19(20)24/h3-6,9-10,22H,7-8H2,1-2H3. The lowest BCUT2D eigenvalue weighted by Gasteiger charge is -2.13. The van der Waals surface area contributed by atoms with Gasteiger partial charge in [0.05, 0.1) is 10.9 Å². The Morgan fingerprint density at radius 3 is 2.46 bits per heavy atom. The van der Waals surface area contributed by atoms with Crippen LogP contribution in [0.4, 0.5) is 0 Å². The van der Waals surface area contributed by atoms with E-state index in [1.807, 2.05) is 19.0 Å². The van der Waals surface area contributed by atoms with Crippen LogP contribution in [0.3, 0.4) is 0 Å². The van der Waals surface area contributed by atoms with Crippen LogP contribution in [0.5, 0.6) is 11.5 Å². The van der Waals surface area contributed by atoms with E-state index in [0.29, 0.717) is 30.0 Å². The number of ether oxygens (including phenoxy) is 1. The highest BCUT2D eigenvalue weighted by atomic mass is 16.5. The maximum absolute atomic E-state index is 12.9. The van der Waals surface area contributed by atoms with Crippen molar-refractivity contribution in [2.75, 3.05) is 27.2 Å². The maximum Gasteiger partial charge on any atom is 0.229 e. The second-order valence-electron chi connectivity index (χ2n) is 6.48. The summed E-state index contributed by atoms with van der Waals surface area (Å²) in [4.78, 5) is 27.5. The van der Waals surface area contributed by atoms with E-state index < -0.39 is 0 Å². The number of phenolic OH excluding ortho intramolecular Hbond substituents is 1. The van der Waals surface area contributed by atoms with Gasteiger partial charge >= 0.3 is 0 Å². The van der Waals surface area contributed by atoms with Gasteiger partial charge in [-0.1, -0.05) is 24.3 Å². The van der Waals surface area contributed by atoms with Crippen molar-refractivity contribution < 1.29 is 23.8 Å². The molecule has 1 aliphatic carbocycles. The first-order valence-corrected chi connectivity index (χ1v) is 8.23. The number of aromatic hydroxyl groups is 1. The fraction of sp³-hybridized carbons (Fsp3) is 0.200. The molecule has 6 nitrogen and oxygen atoms in total. The Morgan fingerprint density at radius 2 is 1.77 bits per heavy atom. The highest BCUT2D eigenvalue weighted by Gasteiger charge is 2.36. The third-order valence-electron chi connectivity index (χ3n) is 4.40. The quantitative estimate of drug-likeness (QED) is 0.609. The van der Waals surface area contributed by atoms with Crippen LogP contribution in [0, 0.1) is 0 Å². The molecule has 6 heteroatoms. The second-order valence-corrected chi connectivity index (χ2v) is 6.48. The lowest BCUT2D eigenvalue weighted by Crippen LogP contribution is -2.19. The van der Waals surface area contributed by atoms with Crippen molar-refractivity contribution in [3.8, 4) is 11.5 Å². The van der Waals surface area contributed by atoms with Crippen molar-refractivity contribution in [3.05, 3.63) is 58.8 Å². The number of carbonyl (C=O) groups excluding carboxylic acids is 2. The number of carbonyl (C=O) groups is 2. The smallest absolute Gasteiger partial charge is 0.229 e. The fourth-order valence-corrected chi connectivity index (χ4v) is 3.12. The molecule has 2 aromatic carbocycles. The number of furan rings is 1. The molecule has 1 heterocycles. The maximum atomic E-state index is 12.9. The Labute approximate surface area is 149 Å². The molecule has 3 aromatic rings. The predicted molar refractivity (Wildman–Crippen MR) is 95.2 cm³/mol. The van der Waals surface area contributed by atoms with E-state index in [9.17, 15) is 14.7 Å². The lowest BCUT2D eigenvalue weighted by molar-refractivity contribution is 0.0962. The molecule has 0 fully saturated rings. The molecule has 0 spiro atoms. The lowest BCUT2D eigenvalue weighted by atomic mass is 9.87. The molecule has 1 N–H and O–H groups in total. The molecule has 0 aliphatic heterocycles. The van der Waals surface area contributed by atoms with Crippen molar-refractivity contribution in [3.63, 3.8) is 0 Å². The largest absolute Gasteiger partial charge is 0.507 e. The summed E-state index contributed by atoms with van der Waals surface area (Å²) in [6, 6.07) is 9.63. The third-order valence-corrected chi connectivity index (χ3v) is 4.40. The second kappa shape index (κ2) is 6.00. The Kier molecular flexibility index (Phi) is 3.77. The fourth-order valence-electron chi connectivity index (χ4n) is 3.12. The molecule has 0 radical (unpaired) electrons. The Balaban J connectivity index is 1.82. The number of hydrogen-bond donors (Lipinski definition) is 1. The van der Waals surface area contributed by atoms with Gasteiger partial charge in [0.25, 0.3) is 0 Å². The topological polar surface area (TPSA) is 80.0 Å². The minimum atomic E-state index is -0.360. The van der Waals surface area contributed by atoms with E-state index in [0.717, 1.165) is 0 Å². The number of benzene rings is 2. The molecule has 0 amide bonds. The molecule has 0 atom stereocenters. The van der Waals surface area contributed by atoms with Gasteiger partial charge in [0.1, 0.15) is 23.7 Å². The minimum absolute atomic E-state index is 0.0376. The minimum Gasteiger partial charge on any atom is -0.507 e. The SMILES string of the molecule is CN(C)CCOc1cc(O)c2c3c(oc2c1)C(=O)c1ccccc1C3=O. The van der Waals surface area contributed by atoms with Gasteiger partial charge in [-0.3, -0.25) is 9.59 Å². The number of nitrogens with zero attached hydrogens (tertiary/aromatic N) is 1. The van der Waals surface area contributed by atoms with Crippen LogP contribution in [0.15, 0.2) is 40.8 Å². The van der Waals surface area contributed by atoms with Crippen LogP contribution < -0.4 is 4.74 Å². The summed E-state index contributed by atoms with van der Waals surface area (Å²) < 4.78 is 11.3. The van der Waals surface area contributed by atoms with Crippen molar-refractivity contribution >= 4 is 22.5 Å². The molecular formula is C20H17NO5. The zero-order chi connectivity index (χ0) is 18.4. The van der Waals surface area contributed by atoms with Crippen molar-refractivity contribution in [2.45, 2.75) is 0 Å². The van der Waals surface area contributed by atoms with E-state index in [1.54, 1.807) is 30.3 Å². The van der Waals surface area contributed by atoms with E-state index >= 15 is 0 Å². The van der Waals surface area contributed by atoms with Crippen LogP contribution in [0.1, 0.15) is 32.0 Å². The molecular weight excluding hydrogens is 334 g/mol. The zero-order valence-corrected chi connectivity index (χ0v) is 14.4. The molecule has 1 aromatic heterocycles. The van der Waals surface area contributed by atoms with Gasteiger partial charge < -0.3 is 19.2 Å². The molecule has 0 unspecified atom stereocenters. The third kappa shape index (κ3) is 2.46. The highest BCUT2D eigenvalue weighted by molar-refractivity contribution is 6.31. The molecule has 26 heavy (non-hydrogen) atoms. The summed E-state index contributed by atoms with van der Waals surface area (Å²) in [6.07, 6.45) is 0. The van der Waals surface area contributed by atoms with E-state index in [1.165, 1.54) is 6.07 Å². The summed E-state index contributed by atoms with van der Waals surface area (Å²) in [6.45, 7) is 1.14. The van der Waals surface area contributed by atoms with Crippen molar-refractivity contribution in [1.82, 2.24) is 4.90 Å². The van der Waals surface area contributed by atoms with Gasteiger partial charge in [-0.15, -0.1) is 0 Å². The number of hydrogen-bond acceptors (Lipinski definition) is 6. The summed E-state index contributed by atoms with van der Waals surface area (Å²) in [7, 11) is 3.86. The van der Waals surface area contributed by atoms with Gasteiger partial charge in [0, 0.05) is 29.8 Å².